The zero-order valence-electron chi connectivity index (χ0n) is 32.3. The van der Waals surface area contributed by atoms with Crippen molar-refractivity contribution >= 4 is 41.3 Å². The Morgan fingerprint density at radius 3 is 2.39 bits per heavy atom. The minimum Gasteiger partial charge on any atom is -0.493 e. The van der Waals surface area contributed by atoms with Crippen molar-refractivity contribution in [1.82, 2.24) is 9.80 Å². The van der Waals surface area contributed by atoms with Gasteiger partial charge in [0.15, 0.2) is 11.5 Å². The molecule has 4 heterocycles. The molecular weight excluding hydrogens is 732 g/mol. The summed E-state index contributed by atoms with van der Waals surface area (Å²) in [5, 5.41) is 11.7. The highest BCUT2D eigenvalue weighted by atomic mass is 16.5. The van der Waals surface area contributed by atoms with E-state index in [4.69, 9.17) is 28.8 Å². The molecule has 1 unspecified atom stereocenters. The number of aryl methyl sites for hydroxylation is 1. The molecule has 300 valence electrons. The lowest BCUT2D eigenvalue weighted by Crippen LogP contribution is -2.40. The number of fused-ring (bicyclic) bond motifs is 4. The van der Waals surface area contributed by atoms with Gasteiger partial charge in [0, 0.05) is 37.4 Å². The number of aliphatic imine (C=N–C) groups is 1. The summed E-state index contributed by atoms with van der Waals surface area (Å²) in [6, 6.07) is 13.9. The Bertz CT molecular complexity index is 2070. The summed E-state index contributed by atoms with van der Waals surface area (Å²) in [5.41, 5.74) is 4.85. The van der Waals surface area contributed by atoms with Gasteiger partial charge in [0.2, 0.25) is 5.91 Å². The van der Waals surface area contributed by atoms with Gasteiger partial charge in [-0.1, -0.05) is 24.3 Å². The number of unbranched alkanes of at least 4 members (excludes halogenated alkanes) is 2. The molecule has 4 aliphatic rings. The van der Waals surface area contributed by atoms with Gasteiger partial charge in [0.05, 0.1) is 68.5 Å². The first-order valence-corrected chi connectivity index (χ1v) is 19.4. The van der Waals surface area contributed by atoms with Crippen molar-refractivity contribution in [3.05, 3.63) is 82.9 Å². The summed E-state index contributed by atoms with van der Waals surface area (Å²) in [7, 11) is 1.52. The summed E-state index contributed by atoms with van der Waals surface area (Å²) in [4.78, 5) is 59.2. The van der Waals surface area contributed by atoms with Gasteiger partial charge in [0.25, 0.3) is 11.8 Å². The highest BCUT2D eigenvalue weighted by Crippen LogP contribution is 2.41. The largest absolute Gasteiger partial charge is 0.493 e. The third kappa shape index (κ3) is 8.91. The molecule has 2 N–H and O–H groups in total. The number of hydrogen-bond donors (Lipinski definition) is 2. The highest BCUT2D eigenvalue weighted by molar-refractivity contribution is 6.11. The fourth-order valence-electron chi connectivity index (χ4n) is 7.71. The van der Waals surface area contributed by atoms with E-state index >= 15 is 0 Å². The number of nitrogens with zero attached hydrogens (tertiary/aromatic N) is 3. The fourth-order valence-corrected chi connectivity index (χ4v) is 7.71. The Morgan fingerprint density at radius 1 is 0.877 bits per heavy atom. The molecule has 0 spiro atoms. The number of carboxylic acids is 1. The zero-order chi connectivity index (χ0) is 40.1. The fraction of sp³-hybridized carbons (Fsp3) is 0.419. The molecule has 3 aromatic carbocycles. The second kappa shape index (κ2) is 17.5. The van der Waals surface area contributed by atoms with E-state index in [9.17, 15) is 19.2 Å². The minimum atomic E-state index is -0.909. The van der Waals surface area contributed by atoms with Gasteiger partial charge in [0.1, 0.15) is 24.1 Å². The molecule has 14 nitrogen and oxygen atoms in total. The van der Waals surface area contributed by atoms with Crippen molar-refractivity contribution in [3.63, 3.8) is 0 Å². The molecule has 3 atom stereocenters. The van der Waals surface area contributed by atoms with Gasteiger partial charge in [-0.3, -0.25) is 24.2 Å². The molecule has 0 radical (unpaired) electrons. The van der Waals surface area contributed by atoms with Crippen molar-refractivity contribution in [3.8, 4) is 23.0 Å². The molecule has 0 bridgehead atoms. The number of ether oxygens (including phenoxy) is 5. The van der Waals surface area contributed by atoms with Crippen LogP contribution in [-0.2, 0) is 14.3 Å². The molecule has 3 aromatic rings. The highest BCUT2D eigenvalue weighted by Gasteiger charge is 2.43. The van der Waals surface area contributed by atoms with E-state index in [1.165, 1.54) is 7.11 Å². The number of hydrogen-bond acceptors (Lipinski definition) is 10. The van der Waals surface area contributed by atoms with Crippen LogP contribution in [0.5, 0.6) is 23.0 Å². The molecule has 4 aliphatic heterocycles. The molecule has 0 aromatic heterocycles. The van der Waals surface area contributed by atoms with Crippen LogP contribution in [0, 0.1) is 6.92 Å². The molecule has 2 fully saturated rings. The summed E-state index contributed by atoms with van der Waals surface area (Å²) in [5.74, 6) is 0.715. The van der Waals surface area contributed by atoms with Crippen molar-refractivity contribution in [2.45, 2.75) is 63.5 Å². The average Bonchev–Trinajstić information content (AvgIpc) is 3.77. The maximum absolute atomic E-state index is 13.9. The summed E-state index contributed by atoms with van der Waals surface area (Å²) in [6.07, 6.45) is 5.36. The second-order valence-electron chi connectivity index (χ2n) is 14.7. The first-order valence-electron chi connectivity index (χ1n) is 19.4. The minimum absolute atomic E-state index is 0.0288. The van der Waals surface area contributed by atoms with Gasteiger partial charge < -0.3 is 43.9 Å². The number of benzene rings is 3. The van der Waals surface area contributed by atoms with E-state index in [1.807, 2.05) is 54.4 Å². The summed E-state index contributed by atoms with van der Waals surface area (Å²) in [6.45, 7) is 8.50. The Kier molecular flexibility index (Phi) is 12.1. The van der Waals surface area contributed by atoms with Gasteiger partial charge >= 0.3 is 5.97 Å². The predicted molar refractivity (Wildman–Crippen MR) is 212 cm³/mol. The Hall–Kier alpha value is -5.89. The number of nitrogens with one attached hydrogen (secondary N) is 1. The molecule has 0 aliphatic carbocycles. The van der Waals surface area contributed by atoms with Gasteiger partial charge in [-0.15, -0.1) is 0 Å². The average molecular weight is 781 g/mol. The van der Waals surface area contributed by atoms with Crippen LogP contribution in [0.15, 0.2) is 65.7 Å². The van der Waals surface area contributed by atoms with E-state index in [1.54, 1.807) is 17.0 Å². The maximum Gasteiger partial charge on any atom is 0.305 e. The predicted octanol–water partition coefficient (Wildman–Crippen LogP) is 5.94. The first-order chi connectivity index (χ1) is 27.6. The summed E-state index contributed by atoms with van der Waals surface area (Å²) >= 11 is 0. The number of carbonyl (C=O) groups is 4. The van der Waals surface area contributed by atoms with Crippen molar-refractivity contribution < 1.29 is 48.0 Å². The standard InChI is InChI=1S/C43H48N4O10/c1-26-17-30-23-44-34-21-37(27(2)18-32(34)42(51)46(30)24-26)56-12-5-4-6-13-57-39-22-35-33(20-38(39)53-3)43(52)47-25-29(19-36(47)41(50)45-35)28-7-9-31(10-8-28)55-16-15-54-14-11-40(48)49/h7-10,18,20-23,29-30,36H,1,4-6,11-17,19,24-25H2,2-3H3,(H,45,50)(H,48,49)/t29?,30-,36-/m0/s1. The quantitative estimate of drug-likeness (QED) is 0.124. The molecule has 14 heteroatoms. The number of amides is 3. The van der Waals surface area contributed by atoms with E-state index < -0.39 is 12.0 Å². The normalized spacial score (nSPS) is 19.6. The maximum atomic E-state index is 13.9. The topological polar surface area (TPSA) is 166 Å². The molecule has 3 amide bonds. The van der Waals surface area contributed by atoms with E-state index in [0.717, 1.165) is 42.4 Å². The smallest absolute Gasteiger partial charge is 0.305 e. The van der Waals surface area contributed by atoms with Crippen LogP contribution in [0.25, 0.3) is 0 Å². The van der Waals surface area contributed by atoms with Crippen LogP contribution in [0.1, 0.15) is 76.3 Å². The second-order valence-corrected chi connectivity index (χ2v) is 14.7. The van der Waals surface area contributed by atoms with Crippen LogP contribution in [0.2, 0.25) is 0 Å². The third-order valence-corrected chi connectivity index (χ3v) is 10.7. The summed E-state index contributed by atoms with van der Waals surface area (Å²) < 4.78 is 28.8. The van der Waals surface area contributed by atoms with Crippen LogP contribution >= 0.6 is 0 Å². The first kappa shape index (κ1) is 39.3. The van der Waals surface area contributed by atoms with Crippen LogP contribution < -0.4 is 24.3 Å². The molecule has 57 heavy (non-hydrogen) atoms. The van der Waals surface area contributed by atoms with Crippen LogP contribution in [0.4, 0.5) is 11.4 Å². The Labute approximate surface area is 331 Å². The van der Waals surface area contributed by atoms with Crippen LogP contribution in [-0.4, -0.2) is 110 Å². The number of anilines is 1. The molecule has 2 saturated heterocycles. The Morgan fingerprint density at radius 2 is 1.63 bits per heavy atom. The van der Waals surface area contributed by atoms with E-state index in [2.05, 4.69) is 16.9 Å². The lowest BCUT2D eigenvalue weighted by atomic mass is 9.96. The molecule has 0 saturated carbocycles. The van der Waals surface area contributed by atoms with Crippen LogP contribution in [0.3, 0.4) is 0 Å². The molecule has 7 rings (SSSR count). The number of carbonyl (C=O) groups excluding carboxylic acids is 3. The number of rotatable bonds is 17. The van der Waals surface area contributed by atoms with Crippen molar-refractivity contribution in [1.29, 1.82) is 0 Å². The van der Waals surface area contributed by atoms with Gasteiger partial charge in [-0.25, -0.2) is 0 Å². The van der Waals surface area contributed by atoms with Gasteiger partial charge in [-0.05, 0) is 74.4 Å². The van der Waals surface area contributed by atoms with Crippen molar-refractivity contribution in [2.75, 3.05) is 58.6 Å². The monoisotopic (exact) mass is 780 g/mol. The number of aliphatic carboxylic acids is 1. The van der Waals surface area contributed by atoms with E-state index in [-0.39, 0.29) is 55.9 Å². The third-order valence-electron chi connectivity index (χ3n) is 10.7. The van der Waals surface area contributed by atoms with Gasteiger partial charge in [-0.2, -0.15) is 0 Å². The zero-order valence-corrected chi connectivity index (χ0v) is 32.3. The van der Waals surface area contributed by atoms with Crippen molar-refractivity contribution in [2.24, 2.45) is 4.99 Å². The molecular formula is C43H48N4O10. The Balaban J connectivity index is 0.884. The lowest BCUT2D eigenvalue weighted by molar-refractivity contribution is -0.138. The lowest BCUT2D eigenvalue weighted by Gasteiger charge is -2.20. The SMILES string of the molecule is C=C1C[C@H]2C=Nc3cc(OCCCCCOc4cc5c(cc4OC)C(=O)N4CC(c6ccc(OCCOCCC(=O)O)cc6)C[C@H]4C(=O)N5)c(C)cc3C(=O)N2C1. The number of carboxylic acid groups (broad SMARTS) is 1. The van der Waals surface area contributed by atoms with E-state index in [0.29, 0.717) is 78.2 Å². The number of methoxy groups -OCH3 is 1.